The Morgan fingerprint density at radius 2 is 1.94 bits per heavy atom. The summed E-state index contributed by atoms with van der Waals surface area (Å²) in [5.41, 5.74) is 0. The molecule has 2 bridgehead atoms. The van der Waals surface area contributed by atoms with Crippen molar-refractivity contribution >= 4 is 11.9 Å². The lowest BCUT2D eigenvalue weighted by atomic mass is 9.73. The number of carbonyl (C=O) groups is 2. The Balaban J connectivity index is 1.65. The molecule has 0 radical (unpaired) electrons. The highest BCUT2D eigenvalue weighted by Gasteiger charge is 2.50. The van der Waals surface area contributed by atoms with Crippen LogP contribution in [0.1, 0.15) is 39.5 Å². The molecule has 0 aromatic rings. The average Bonchev–Trinajstić information content (AvgIpc) is 2.88. The summed E-state index contributed by atoms with van der Waals surface area (Å²) >= 11 is 0. The lowest BCUT2D eigenvalue weighted by molar-refractivity contribution is -0.153. The molecule has 2 saturated carbocycles. The van der Waals surface area contributed by atoms with Crippen LogP contribution < -0.4 is 0 Å². The highest BCUT2D eigenvalue weighted by atomic mass is 16.6. The van der Waals surface area contributed by atoms with Crippen molar-refractivity contribution in [1.82, 2.24) is 0 Å². The van der Waals surface area contributed by atoms with E-state index in [0.29, 0.717) is 12.3 Å². The molecule has 3 rings (SSSR count). The highest BCUT2D eigenvalue weighted by molar-refractivity contribution is 5.94. The lowest BCUT2D eigenvalue weighted by Gasteiger charge is -2.32. The van der Waals surface area contributed by atoms with E-state index < -0.39 is 0 Å². The van der Waals surface area contributed by atoms with Crippen molar-refractivity contribution < 1.29 is 14.3 Å². The first-order valence-electron chi connectivity index (χ1n) is 6.80. The van der Waals surface area contributed by atoms with E-state index in [4.69, 9.17) is 0 Å². The Morgan fingerprint density at radius 3 is 2.47 bits per heavy atom. The topological polar surface area (TPSA) is 43.4 Å². The smallest absolute Gasteiger partial charge is 0.317 e. The minimum Gasteiger partial charge on any atom is -0.393 e. The van der Waals surface area contributed by atoms with Crippen LogP contribution in [0.25, 0.3) is 0 Å². The summed E-state index contributed by atoms with van der Waals surface area (Å²) in [7, 11) is 0. The molecule has 0 amide bonds. The Morgan fingerprint density at radius 1 is 1.18 bits per heavy atom. The monoisotopic (exact) mass is 236 g/mol. The zero-order valence-corrected chi connectivity index (χ0v) is 10.5. The number of fused-ring (bicyclic) bond motifs is 2. The van der Waals surface area contributed by atoms with E-state index in [2.05, 4.69) is 18.6 Å². The van der Waals surface area contributed by atoms with Crippen LogP contribution in [0.3, 0.4) is 0 Å². The summed E-state index contributed by atoms with van der Waals surface area (Å²) in [6.45, 7) is 4.71. The Kier molecular flexibility index (Phi) is 2.53. The number of carbonyl (C=O) groups excluding carboxylic acids is 2. The zero-order valence-electron chi connectivity index (χ0n) is 10.5. The Hall–Kier alpha value is -0.860. The predicted octanol–water partition coefficient (Wildman–Crippen LogP) is 2.39. The predicted molar refractivity (Wildman–Crippen MR) is 61.9 cm³/mol. The molecule has 0 aromatic heterocycles. The number of hydrogen-bond donors (Lipinski definition) is 0. The van der Waals surface area contributed by atoms with Crippen LogP contribution in [-0.2, 0) is 14.3 Å². The van der Waals surface area contributed by atoms with Crippen molar-refractivity contribution in [2.45, 2.75) is 39.5 Å². The van der Waals surface area contributed by atoms with Crippen molar-refractivity contribution in [2.24, 2.45) is 35.5 Å². The molecule has 1 heterocycles. The molecule has 1 saturated heterocycles. The average molecular weight is 236 g/mol. The van der Waals surface area contributed by atoms with Gasteiger partial charge in [0.15, 0.2) is 0 Å². The van der Waals surface area contributed by atoms with Gasteiger partial charge in [0.2, 0.25) is 0 Å². The van der Waals surface area contributed by atoms with Crippen molar-refractivity contribution in [3.05, 3.63) is 0 Å². The molecule has 94 valence electrons. The summed E-state index contributed by atoms with van der Waals surface area (Å²) in [6, 6.07) is 0. The maximum atomic E-state index is 11.5. The summed E-state index contributed by atoms with van der Waals surface area (Å²) in [6.07, 6.45) is 3.79. The van der Waals surface area contributed by atoms with Gasteiger partial charge in [-0.25, -0.2) is 0 Å². The minimum absolute atomic E-state index is 0.144. The molecule has 0 N–H and O–H groups in total. The minimum atomic E-state index is -0.329. The Bertz CT molecular complexity index is 360. The summed E-state index contributed by atoms with van der Waals surface area (Å²) in [5, 5.41) is 0. The third kappa shape index (κ3) is 1.71. The van der Waals surface area contributed by atoms with Crippen LogP contribution in [0.5, 0.6) is 0 Å². The number of rotatable bonds is 2. The molecule has 3 nitrogen and oxygen atoms in total. The second kappa shape index (κ2) is 3.82. The van der Waals surface area contributed by atoms with Crippen molar-refractivity contribution in [2.75, 3.05) is 0 Å². The number of ether oxygens (including phenoxy) is 1. The number of cyclic esters (lactones) is 2. The van der Waals surface area contributed by atoms with Crippen LogP contribution in [0, 0.1) is 35.5 Å². The van der Waals surface area contributed by atoms with Gasteiger partial charge in [-0.05, 0) is 48.9 Å². The second-order valence-electron chi connectivity index (χ2n) is 6.30. The normalized spacial score (nSPS) is 48.8. The molecule has 3 fully saturated rings. The standard InChI is InChI=1S/C14H20O3/c1-7-8(2)12-5-9(7)3-10(12)4-11-6-13(15)17-14(11)16/h7-12H,3-6H2,1-2H3. The van der Waals surface area contributed by atoms with E-state index in [9.17, 15) is 9.59 Å². The molecule has 17 heavy (non-hydrogen) atoms. The largest absolute Gasteiger partial charge is 0.393 e. The molecule has 0 aromatic carbocycles. The molecule has 3 heteroatoms. The second-order valence-corrected chi connectivity index (χ2v) is 6.30. The summed E-state index contributed by atoms with van der Waals surface area (Å²) < 4.78 is 4.63. The maximum absolute atomic E-state index is 11.5. The third-order valence-corrected chi connectivity index (χ3v) is 5.58. The number of hydrogen-bond acceptors (Lipinski definition) is 3. The molecular weight excluding hydrogens is 216 g/mol. The van der Waals surface area contributed by atoms with Crippen LogP contribution in [-0.4, -0.2) is 11.9 Å². The van der Waals surface area contributed by atoms with E-state index in [1.807, 2.05) is 0 Å². The first-order chi connectivity index (χ1) is 8.06. The van der Waals surface area contributed by atoms with E-state index in [0.717, 1.165) is 30.1 Å². The van der Waals surface area contributed by atoms with E-state index in [1.165, 1.54) is 12.8 Å². The van der Waals surface area contributed by atoms with Crippen LogP contribution in [0.15, 0.2) is 0 Å². The molecule has 1 aliphatic heterocycles. The van der Waals surface area contributed by atoms with Gasteiger partial charge in [-0.15, -0.1) is 0 Å². The van der Waals surface area contributed by atoms with E-state index in [-0.39, 0.29) is 17.9 Å². The van der Waals surface area contributed by atoms with Crippen LogP contribution >= 0.6 is 0 Å². The van der Waals surface area contributed by atoms with Gasteiger partial charge in [0, 0.05) is 0 Å². The fourth-order valence-electron chi connectivity index (χ4n) is 4.43. The van der Waals surface area contributed by atoms with Gasteiger partial charge in [-0.3, -0.25) is 9.59 Å². The number of esters is 2. The summed E-state index contributed by atoms with van der Waals surface area (Å²) in [4.78, 5) is 22.6. The van der Waals surface area contributed by atoms with Crippen molar-refractivity contribution in [1.29, 1.82) is 0 Å². The van der Waals surface area contributed by atoms with Crippen LogP contribution in [0.2, 0.25) is 0 Å². The van der Waals surface area contributed by atoms with Crippen molar-refractivity contribution in [3.8, 4) is 0 Å². The molecule has 3 aliphatic rings. The van der Waals surface area contributed by atoms with E-state index in [1.54, 1.807) is 0 Å². The molecular formula is C14H20O3. The van der Waals surface area contributed by atoms with Gasteiger partial charge in [-0.2, -0.15) is 0 Å². The highest BCUT2D eigenvalue weighted by Crippen LogP contribution is 2.56. The quantitative estimate of drug-likeness (QED) is 0.546. The molecule has 0 spiro atoms. The van der Waals surface area contributed by atoms with Gasteiger partial charge >= 0.3 is 11.9 Å². The lowest BCUT2D eigenvalue weighted by Crippen LogP contribution is -2.26. The van der Waals surface area contributed by atoms with Gasteiger partial charge in [0.25, 0.3) is 0 Å². The fourth-order valence-corrected chi connectivity index (χ4v) is 4.43. The molecule has 2 aliphatic carbocycles. The SMILES string of the molecule is CC1C2CC(CC3CC(=O)OC3=O)C(C2)C1C. The third-order valence-electron chi connectivity index (χ3n) is 5.58. The van der Waals surface area contributed by atoms with Gasteiger partial charge < -0.3 is 4.74 Å². The van der Waals surface area contributed by atoms with Crippen LogP contribution in [0.4, 0.5) is 0 Å². The van der Waals surface area contributed by atoms with E-state index >= 15 is 0 Å². The molecule has 6 atom stereocenters. The fraction of sp³-hybridized carbons (Fsp3) is 0.857. The zero-order chi connectivity index (χ0) is 12.2. The van der Waals surface area contributed by atoms with Gasteiger partial charge in [-0.1, -0.05) is 13.8 Å². The van der Waals surface area contributed by atoms with Gasteiger partial charge in [0.1, 0.15) is 0 Å². The van der Waals surface area contributed by atoms with Crippen molar-refractivity contribution in [3.63, 3.8) is 0 Å². The first kappa shape index (κ1) is 11.2. The van der Waals surface area contributed by atoms with Gasteiger partial charge in [0.05, 0.1) is 12.3 Å². The first-order valence-corrected chi connectivity index (χ1v) is 6.80. The Labute approximate surface area is 102 Å². The summed E-state index contributed by atoms with van der Waals surface area (Å²) in [5.74, 6) is 3.15. The maximum Gasteiger partial charge on any atom is 0.317 e. The molecule has 6 unspecified atom stereocenters.